The van der Waals surface area contributed by atoms with Crippen molar-refractivity contribution < 1.29 is 13.6 Å². The molecule has 0 amide bonds. The van der Waals surface area contributed by atoms with Crippen LogP contribution in [0.3, 0.4) is 0 Å². The van der Waals surface area contributed by atoms with Gasteiger partial charge in [-0.05, 0) is 24.3 Å². The topological polar surface area (TPSA) is 43.1 Å². The van der Waals surface area contributed by atoms with Crippen molar-refractivity contribution in [2.45, 2.75) is 0 Å². The largest absolute Gasteiger partial charge is 0.397 e. The Kier molecular flexibility index (Phi) is 4.18. The molecule has 2 N–H and O–H groups in total. The van der Waals surface area contributed by atoms with Crippen molar-refractivity contribution >= 4 is 46.3 Å². The first-order chi connectivity index (χ1) is 9.31. The zero-order chi connectivity index (χ0) is 15.0. The number of benzene rings is 2. The first kappa shape index (κ1) is 15.0. The lowest BCUT2D eigenvalue weighted by Gasteiger charge is -2.08. The van der Waals surface area contributed by atoms with E-state index in [9.17, 15) is 13.6 Å². The lowest BCUT2D eigenvalue weighted by molar-refractivity contribution is 0.103. The molecule has 0 saturated heterocycles. The lowest BCUT2D eigenvalue weighted by atomic mass is 10.0. The molecule has 104 valence electrons. The van der Waals surface area contributed by atoms with E-state index in [2.05, 4.69) is 0 Å². The average Bonchev–Trinajstić information content (AvgIpc) is 2.38. The summed E-state index contributed by atoms with van der Waals surface area (Å²) in [5.41, 5.74) is 5.57. The average molecular weight is 337 g/mol. The zero-order valence-corrected chi connectivity index (χ0v) is 12.0. The predicted octanol–water partition coefficient (Wildman–Crippen LogP) is 4.74. The molecule has 0 saturated carbocycles. The Bertz CT molecular complexity index is 696. The van der Waals surface area contributed by atoms with Crippen molar-refractivity contribution in [2.75, 3.05) is 5.73 Å². The van der Waals surface area contributed by atoms with Gasteiger partial charge in [-0.25, -0.2) is 8.78 Å². The van der Waals surface area contributed by atoms with Gasteiger partial charge in [-0.2, -0.15) is 0 Å². The van der Waals surface area contributed by atoms with Gasteiger partial charge < -0.3 is 5.73 Å². The molecule has 0 aliphatic carbocycles. The van der Waals surface area contributed by atoms with Crippen molar-refractivity contribution in [3.8, 4) is 0 Å². The van der Waals surface area contributed by atoms with Crippen LogP contribution in [-0.2, 0) is 0 Å². The Labute approximate surface area is 128 Å². The summed E-state index contributed by atoms with van der Waals surface area (Å²) >= 11 is 17.3. The van der Waals surface area contributed by atoms with E-state index >= 15 is 0 Å². The second-order valence-electron chi connectivity index (χ2n) is 3.94. The Morgan fingerprint density at radius 2 is 1.55 bits per heavy atom. The molecule has 0 heterocycles. The number of nitrogen functional groups attached to an aromatic ring is 1. The quantitative estimate of drug-likeness (QED) is 0.489. The third-order valence-electron chi connectivity index (χ3n) is 2.57. The summed E-state index contributed by atoms with van der Waals surface area (Å²) in [5.74, 6) is -2.95. The van der Waals surface area contributed by atoms with Crippen LogP contribution >= 0.6 is 34.8 Å². The number of rotatable bonds is 2. The molecule has 0 aromatic heterocycles. The summed E-state index contributed by atoms with van der Waals surface area (Å²) in [4.78, 5) is 12.2. The van der Waals surface area contributed by atoms with Gasteiger partial charge in [-0.1, -0.05) is 34.8 Å². The van der Waals surface area contributed by atoms with Crippen molar-refractivity contribution in [2.24, 2.45) is 0 Å². The summed E-state index contributed by atoms with van der Waals surface area (Å²) in [6.45, 7) is 0. The molecule has 7 heteroatoms. The molecule has 0 atom stereocenters. The first-order valence-corrected chi connectivity index (χ1v) is 6.38. The number of nitrogens with two attached hydrogens (primary N) is 1. The molecule has 0 fully saturated rings. The second-order valence-corrected chi connectivity index (χ2v) is 5.13. The van der Waals surface area contributed by atoms with E-state index in [1.54, 1.807) is 0 Å². The Morgan fingerprint density at radius 1 is 0.950 bits per heavy atom. The molecule has 2 nitrogen and oxygen atoms in total. The molecule has 0 aliphatic rings. The number of hydrogen-bond donors (Lipinski definition) is 1. The molecule has 2 rings (SSSR count). The van der Waals surface area contributed by atoms with Crippen LogP contribution in [0.25, 0.3) is 0 Å². The third kappa shape index (κ3) is 2.73. The highest BCUT2D eigenvalue weighted by atomic mass is 35.5. The van der Waals surface area contributed by atoms with Gasteiger partial charge in [0, 0.05) is 11.1 Å². The molecular formula is C13H6Cl3F2NO. The summed E-state index contributed by atoms with van der Waals surface area (Å²) in [5, 5.41) is -0.0214. The number of hydrogen-bond acceptors (Lipinski definition) is 2. The van der Waals surface area contributed by atoms with Crippen LogP contribution in [-0.4, -0.2) is 5.78 Å². The van der Waals surface area contributed by atoms with Crippen molar-refractivity contribution in [3.63, 3.8) is 0 Å². The van der Waals surface area contributed by atoms with Crippen LogP contribution in [0.2, 0.25) is 15.1 Å². The first-order valence-electron chi connectivity index (χ1n) is 5.25. The van der Waals surface area contributed by atoms with Gasteiger partial charge in [0.1, 0.15) is 0 Å². The van der Waals surface area contributed by atoms with Crippen LogP contribution in [0, 0.1) is 11.6 Å². The molecule has 0 bridgehead atoms. The molecule has 0 aliphatic heterocycles. The van der Waals surface area contributed by atoms with E-state index in [1.807, 2.05) is 0 Å². The fourth-order valence-electron chi connectivity index (χ4n) is 1.59. The minimum absolute atomic E-state index is 0.0739. The Balaban J connectivity index is 2.55. The van der Waals surface area contributed by atoms with Gasteiger partial charge in [0.25, 0.3) is 0 Å². The smallest absolute Gasteiger partial charge is 0.194 e. The highest BCUT2D eigenvalue weighted by Gasteiger charge is 2.18. The summed E-state index contributed by atoms with van der Waals surface area (Å²) in [6, 6.07) is 4.01. The van der Waals surface area contributed by atoms with Crippen LogP contribution in [0.1, 0.15) is 15.9 Å². The van der Waals surface area contributed by atoms with Gasteiger partial charge in [0.15, 0.2) is 17.4 Å². The van der Waals surface area contributed by atoms with Crippen LogP contribution < -0.4 is 5.73 Å². The van der Waals surface area contributed by atoms with E-state index in [0.29, 0.717) is 0 Å². The number of anilines is 1. The minimum atomic E-state index is -1.18. The van der Waals surface area contributed by atoms with Crippen molar-refractivity contribution in [1.29, 1.82) is 0 Å². The molecule has 0 unspecified atom stereocenters. The molecule has 20 heavy (non-hydrogen) atoms. The molecule has 0 spiro atoms. The lowest BCUT2D eigenvalue weighted by Crippen LogP contribution is -2.05. The highest BCUT2D eigenvalue weighted by molar-refractivity contribution is 6.44. The normalized spacial score (nSPS) is 10.7. The number of ketones is 1. The van der Waals surface area contributed by atoms with Gasteiger partial charge in [-0.15, -0.1) is 0 Å². The third-order valence-corrected chi connectivity index (χ3v) is 3.70. The maximum atomic E-state index is 13.2. The summed E-state index contributed by atoms with van der Waals surface area (Å²) in [7, 11) is 0. The monoisotopic (exact) mass is 335 g/mol. The maximum absolute atomic E-state index is 13.2. The van der Waals surface area contributed by atoms with Crippen LogP contribution in [0.4, 0.5) is 14.5 Å². The molecule has 2 aromatic rings. The second kappa shape index (κ2) is 5.56. The van der Waals surface area contributed by atoms with Gasteiger partial charge in [0.05, 0.1) is 20.8 Å². The van der Waals surface area contributed by atoms with Crippen molar-refractivity contribution in [3.05, 3.63) is 62.1 Å². The fourth-order valence-corrected chi connectivity index (χ4v) is 2.17. The molecule has 2 aromatic carbocycles. The van der Waals surface area contributed by atoms with Gasteiger partial charge in [-0.3, -0.25) is 4.79 Å². The number of halogens is 5. The number of carbonyl (C=O) groups is 1. The van der Waals surface area contributed by atoms with E-state index in [1.165, 1.54) is 12.1 Å². The Morgan fingerprint density at radius 3 is 2.15 bits per heavy atom. The summed E-state index contributed by atoms with van der Waals surface area (Å²) < 4.78 is 26.2. The molecular weight excluding hydrogens is 331 g/mol. The van der Waals surface area contributed by atoms with Gasteiger partial charge in [0.2, 0.25) is 0 Å². The van der Waals surface area contributed by atoms with E-state index in [0.717, 1.165) is 12.1 Å². The van der Waals surface area contributed by atoms with E-state index in [-0.39, 0.29) is 31.9 Å². The summed E-state index contributed by atoms with van der Waals surface area (Å²) in [6.07, 6.45) is 0. The molecule has 0 radical (unpaired) electrons. The SMILES string of the molecule is Nc1cc(C(=O)c2cc(F)c(F)cc2Cl)cc(Cl)c1Cl. The van der Waals surface area contributed by atoms with Crippen molar-refractivity contribution in [1.82, 2.24) is 0 Å². The highest BCUT2D eigenvalue weighted by Crippen LogP contribution is 2.31. The van der Waals surface area contributed by atoms with Crippen LogP contribution in [0.5, 0.6) is 0 Å². The van der Waals surface area contributed by atoms with Gasteiger partial charge >= 0.3 is 0 Å². The fraction of sp³-hybridized carbons (Fsp3) is 0. The van der Waals surface area contributed by atoms with Crippen LogP contribution in [0.15, 0.2) is 24.3 Å². The number of carbonyl (C=O) groups excluding carboxylic acids is 1. The Hall–Kier alpha value is -1.36. The standard InChI is InChI=1S/C13H6Cl3F2NO/c14-7-4-10(18)9(17)3-6(7)13(20)5-1-8(15)12(16)11(19)2-5/h1-4H,19H2. The predicted molar refractivity (Wildman–Crippen MR) is 75.7 cm³/mol. The maximum Gasteiger partial charge on any atom is 0.194 e. The van der Waals surface area contributed by atoms with E-state index < -0.39 is 17.4 Å². The minimum Gasteiger partial charge on any atom is -0.397 e. The zero-order valence-electron chi connectivity index (χ0n) is 9.68. The van der Waals surface area contributed by atoms with E-state index in [4.69, 9.17) is 40.5 Å².